The zero-order chi connectivity index (χ0) is 13.9. The van der Waals surface area contributed by atoms with Gasteiger partial charge in [-0.3, -0.25) is 32.3 Å². The van der Waals surface area contributed by atoms with Gasteiger partial charge in [0.25, 0.3) is 0 Å². The molecule has 1 rings (SSSR count). The largest absolute Gasteiger partial charge is 0.480 e. The van der Waals surface area contributed by atoms with E-state index >= 15 is 0 Å². The van der Waals surface area contributed by atoms with Crippen LogP contribution >= 0.6 is 0 Å². The molecule has 0 saturated carbocycles. The van der Waals surface area contributed by atoms with E-state index in [-0.39, 0.29) is 60.2 Å². The Morgan fingerprint density at radius 3 is 2.50 bits per heavy atom. The fourth-order valence-corrected chi connectivity index (χ4v) is 1.40. The predicted octanol–water partition coefficient (Wildman–Crippen LogP) is 0.527. The van der Waals surface area contributed by atoms with Crippen LogP contribution in [-0.4, -0.2) is 30.3 Å². The van der Waals surface area contributed by atoms with E-state index in [9.17, 15) is 9.59 Å². The monoisotopic (exact) mass is 516 g/mol. The number of carbonyl (C=O) groups is 2. The van der Waals surface area contributed by atoms with Gasteiger partial charge in [-0.1, -0.05) is 6.92 Å². The molecule has 0 aliphatic heterocycles. The fourth-order valence-electron chi connectivity index (χ4n) is 1.40. The molecule has 0 aliphatic carbocycles. The number of aliphatic carboxylic acids is 1. The smallest absolute Gasteiger partial charge is 0.319 e. The molecule has 1 amide bonds. The molecule has 1 unspecified atom stereocenters. The predicted molar refractivity (Wildman–Crippen MR) is 67.2 cm³/mol. The average molecular weight is 516 g/mol. The van der Waals surface area contributed by atoms with Crippen molar-refractivity contribution >= 4 is 19.7 Å². The van der Waals surface area contributed by atoms with Crippen LogP contribution in [0.25, 0.3) is 0 Å². The molecule has 2 N–H and O–H groups in total. The average Bonchev–Trinajstić information content (AvgIpc) is 2.22. The molecule has 1 atom stereocenters. The minimum atomic E-state index is -1.76. The molecule has 1 aromatic rings. The third-order valence-corrected chi connectivity index (χ3v) is 2.50. The van der Waals surface area contributed by atoms with Crippen LogP contribution in [0.1, 0.15) is 23.6 Å². The van der Waals surface area contributed by atoms with Crippen molar-refractivity contribution in [3.63, 3.8) is 0 Å². The number of carboxylic acid groups (broad SMARTS) is 1. The van der Waals surface area contributed by atoms with Crippen molar-refractivity contribution in [2.24, 2.45) is 0 Å². The van der Waals surface area contributed by atoms with E-state index < -0.39 is 17.3 Å². The quantitative estimate of drug-likeness (QED) is 0.454. The Balaban J connectivity index is 0. The molecule has 0 saturated heterocycles. The summed E-state index contributed by atoms with van der Waals surface area (Å²) in [5, 5.41) is 11.1. The second kappa shape index (κ2) is 9.12. The van der Waals surface area contributed by atoms with Crippen LogP contribution in [0.2, 0.25) is 0 Å². The van der Waals surface area contributed by atoms with E-state index in [1.807, 2.05) is 13.8 Å². The first-order valence-corrected chi connectivity index (χ1v) is 5.45. The van der Waals surface area contributed by atoms with Gasteiger partial charge in [0.05, 0.1) is 5.44 Å². The van der Waals surface area contributed by atoms with Crippen LogP contribution < -0.4 is 5.32 Å². The summed E-state index contributed by atoms with van der Waals surface area (Å²) >= 11 is 0. The molecule has 7 heteroatoms. The maximum Gasteiger partial charge on any atom is 0.319 e. The Labute approximate surface area is 160 Å². The van der Waals surface area contributed by atoms with E-state index in [1.54, 1.807) is 6.07 Å². The second-order valence-electron chi connectivity index (χ2n) is 4.43. The van der Waals surface area contributed by atoms with Gasteiger partial charge in [0.15, 0.2) is 0 Å². The molecule has 1 aromatic carbocycles. The molecule has 4 nitrogen and oxygen atoms in total. The van der Waals surface area contributed by atoms with Crippen molar-refractivity contribution in [3.05, 3.63) is 34.9 Å². The Morgan fingerprint density at radius 1 is 1.45 bits per heavy atom. The first kappa shape index (κ1) is 22.3. The van der Waals surface area contributed by atoms with Gasteiger partial charge >= 0.3 is 5.97 Å². The molecule has 3 radical (unpaired) electrons. The van der Waals surface area contributed by atoms with E-state index in [1.165, 1.54) is 6.92 Å². The molecule has 0 fully saturated rings. The third-order valence-electron chi connectivity index (χ3n) is 2.50. The minimum absolute atomic E-state index is 0. The molecule has 0 spiro atoms. The second-order valence-corrected chi connectivity index (χ2v) is 4.43. The van der Waals surface area contributed by atoms with Gasteiger partial charge < -0.3 is 22.6 Å². The number of carbonyl (C=O) groups excluding carboxylic acids is 1. The molecule has 103 valence electrons. The minimum Gasteiger partial charge on any atom is -0.480 e. The van der Waals surface area contributed by atoms with Crippen molar-refractivity contribution < 1.29 is 68.5 Å². The number of nitrogens with one attached hydrogen (secondary N) is 1. The first-order valence-electron chi connectivity index (χ1n) is 5.45. The van der Waals surface area contributed by atoms with Crippen LogP contribution in [0.5, 0.6) is 0 Å². The van der Waals surface area contributed by atoms with E-state index in [4.69, 9.17) is 13.0 Å². The first-order chi connectivity index (χ1) is 8.22. The van der Waals surface area contributed by atoms with Crippen LogP contribution in [-0.2, 0) is 69.8 Å². The molecule has 20 heavy (non-hydrogen) atoms. The number of hydrogen-bond acceptors (Lipinski definition) is 2. The van der Waals surface area contributed by atoms with Crippen molar-refractivity contribution in [2.75, 3.05) is 0 Å². The Kier molecular flexibility index (Phi) is 10.2. The standard InChI is InChI=1S/C13H14BNO3.W.Y/c1-8-4-5-9(2)10(6-8)7-11(16)15-13(3,14)12(17)18;;/h5H,7H2,1-3H3,(H,15,16)(H,17,18);;/q-2;;. The van der Waals surface area contributed by atoms with Gasteiger partial charge in [0.1, 0.15) is 7.85 Å². The summed E-state index contributed by atoms with van der Waals surface area (Å²) in [4.78, 5) is 22.5. The van der Waals surface area contributed by atoms with Gasteiger partial charge in [-0.2, -0.15) is 0 Å². The van der Waals surface area contributed by atoms with Crippen LogP contribution in [0.4, 0.5) is 0 Å². The number of carboxylic acids is 1. The summed E-state index contributed by atoms with van der Waals surface area (Å²) in [6, 6.07) is 7.76. The van der Waals surface area contributed by atoms with Gasteiger partial charge in [0.2, 0.25) is 5.91 Å². The summed E-state index contributed by atoms with van der Waals surface area (Å²) in [6.07, 6.45) is 0.0431. The maximum atomic E-state index is 11.7. The Hall–Kier alpha value is 0.0171. The number of amides is 1. The molecule has 0 bridgehead atoms. The number of aryl methyl sites for hydroxylation is 2. The summed E-state index contributed by atoms with van der Waals surface area (Å²) in [5.74, 6) is -1.73. The number of rotatable bonds is 4. The van der Waals surface area contributed by atoms with Gasteiger partial charge in [-0.05, 0) is 6.92 Å². The SMILES string of the molecule is [B]C(C)(NC(=O)Cc1[c-]c(C)[c-]cc1C)C(=O)O.[W].[Y]. The van der Waals surface area contributed by atoms with E-state index in [0.717, 1.165) is 11.1 Å². The molecule has 0 aromatic heterocycles. The van der Waals surface area contributed by atoms with Gasteiger partial charge in [0, 0.05) is 60.2 Å². The van der Waals surface area contributed by atoms with Gasteiger partial charge in [-0.15, -0.1) is 6.92 Å². The summed E-state index contributed by atoms with van der Waals surface area (Å²) < 4.78 is 0. The molecule has 0 aliphatic rings. The topological polar surface area (TPSA) is 66.4 Å². The van der Waals surface area contributed by atoms with E-state index in [2.05, 4.69) is 17.4 Å². The molecule has 0 heterocycles. The fraction of sp³-hybridized carbons (Fsp3) is 0.385. The maximum absolute atomic E-state index is 11.7. The zero-order valence-electron chi connectivity index (χ0n) is 11.6. The Morgan fingerprint density at radius 2 is 2.00 bits per heavy atom. The molecular formula is C13H14BNO3WY-2. The number of hydrogen-bond donors (Lipinski definition) is 2. The summed E-state index contributed by atoms with van der Waals surface area (Å²) in [6.45, 7) is 4.90. The normalized spacial score (nSPS) is 12.3. The van der Waals surface area contributed by atoms with Crippen molar-refractivity contribution in [1.29, 1.82) is 0 Å². The summed E-state index contributed by atoms with van der Waals surface area (Å²) in [5.41, 5.74) is 0.632. The van der Waals surface area contributed by atoms with Crippen molar-refractivity contribution in [3.8, 4) is 0 Å². The van der Waals surface area contributed by atoms with Gasteiger partial charge in [-0.25, -0.2) is 0 Å². The van der Waals surface area contributed by atoms with Crippen LogP contribution in [0, 0.1) is 26.0 Å². The van der Waals surface area contributed by atoms with Crippen LogP contribution in [0.3, 0.4) is 0 Å². The Bertz CT molecular complexity index is 495. The summed E-state index contributed by atoms with van der Waals surface area (Å²) in [7, 11) is 5.43. The van der Waals surface area contributed by atoms with Crippen LogP contribution in [0.15, 0.2) is 6.07 Å². The number of benzene rings is 1. The molecular weight excluding hydrogens is 502 g/mol. The zero-order valence-corrected chi connectivity index (χ0v) is 17.4. The van der Waals surface area contributed by atoms with Crippen molar-refractivity contribution in [2.45, 2.75) is 32.6 Å². The van der Waals surface area contributed by atoms with Crippen molar-refractivity contribution in [1.82, 2.24) is 5.32 Å². The third kappa shape index (κ3) is 6.65. The van der Waals surface area contributed by atoms with E-state index in [0.29, 0.717) is 5.56 Å².